The molecular weight excluding hydrogens is 599 g/mol. The fourth-order valence-corrected chi connectivity index (χ4v) is 6.75. The first kappa shape index (κ1) is 31.9. The minimum atomic E-state index is -5.14. The predicted molar refractivity (Wildman–Crippen MR) is 136 cm³/mol. The molecule has 2 atom stereocenters. The van der Waals surface area contributed by atoms with E-state index in [4.69, 9.17) is 9.47 Å². The van der Waals surface area contributed by atoms with Crippen LogP contribution in [0.1, 0.15) is 38.2 Å². The van der Waals surface area contributed by atoms with Crippen molar-refractivity contribution in [2.75, 3.05) is 31.3 Å². The maximum atomic E-state index is 15.7. The van der Waals surface area contributed by atoms with E-state index < -0.39 is 98.4 Å². The Morgan fingerprint density at radius 2 is 1.74 bits per heavy atom. The van der Waals surface area contributed by atoms with E-state index in [0.29, 0.717) is 19.1 Å². The van der Waals surface area contributed by atoms with E-state index >= 15 is 4.39 Å². The summed E-state index contributed by atoms with van der Waals surface area (Å²) >= 11 is 0. The number of aliphatic carboxylic acids is 1. The Bertz CT molecular complexity index is 1400. The number of carbonyl (C=O) groups is 1. The van der Waals surface area contributed by atoms with Crippen LogP contribution in [0.3, 0.4) is 0 Å². The Hall–Kier alpha value is -3.07. The van der Waals surface area contributed by atoms with Gasteiger partial charge in [0.25, 0.3) is 0 Å². The number of benzene rings is 2. The molecule has 0 saturated carbocycles. The highest BCUT2D eigenvalue weighted by molar-refractivity contribution is 7.92. The molecule has 0 unspecified atom stereocenters. The Morgan fingerprint density at radius 1 is 1.12 bits per heavy atom. The topological polar surface area (TPSA) is 93.1 Å². The van der Waals surface area contributed by atoms with Crippen molar-refractivity contribution in [3.63, 3.8) is 0 Å². The lowest BCUT2D eigenvalue weighted by Crippen LogP contribution is -2.42. The van der Waals surface area contributed by atoms with Gasteiger partial charge in [0, 0.05) is 43.9 Å². The summed E-state index contributed by atoms with van der Waals surface area (Å²) in [6, 6.07) is 5.11. The average Bonchev–Trinajstić information content (AvgIpc) is 2.98. The summed E-state index contributed by atoms with van der Waals surface area (Å²) in [5.74, 6) is -7.98. The number of ether oxygens (including phenoxy) is 2. The molecular formula is C27H28F7NO6S. The van der Waals surface area contributed by atoms with Crippen LogP contribution in [-0.2, 0) is 25.5 Å². The molecule has 0 aromatic heterocycles. The molecule has 42 heavy (non-hydrogen) atoms. The number of anilines is 2. The number of hydrogen-bond acceptors (Lipinski definition) is 6. The monoisotopic (exact) mass is 627 g/mol. The number of carboxylic acid groups (broad SMARTS) is 1. The highest BCUT2D eigenvalue weighted by Crippen LogP contribution is 2.48. The molecule has 2 aromatic rings. The fraction of sp³-hybridized carbons (Fsp3) is 0.519. The molecule has 0 amide bonds. The normalized spacial score (nSPS) is 22.2. The molecule has 2 aliphatic rings. The summed E-state index contributed by atoms with van der Waals surface area (Å²) in [5, 5.41) is 9.77. The third-order valence-corrected chi connectivity index (χ3v) is 9.47. The number of sulfone groups is 1. The van der Waals surface area contributed by atoms with E-state index in [1.165, 1.54) is 0 Å². The van der Waals surface area contributed by atoms with Gasteiger partial charge in [-0.05, 0) is 56.5 Å². The SMILES string of the molecule is CC(F)(F)CC[C@@H]1CN(c2ccc(F)cc2)c2cc(C(F)(F)F)c(OCC3(C(=O)O)CCOCC3)cc2S(=O)(=O)[C@@H]1F. The first-order chi connectivity index (χ1) is 19.4. The van der Waals surface area contributed by atoms with Crippen molar-refractivity contribution < 1.29 is 58.5 Å². The molecule has 1 fully saturated rings. The fourth-order valence-electron chi connectivity index (χ4n) is 5.04. The summed E-state index contributed by atoms with van der Waals surface area (Å²) < 4.78 is 137. The molecule has 2 aliphatic heterocycles. The van der Waals surface area contributed by atoms with Gasteiger partial charge < -0.3 is 19.5 Å². The van der Waals surface area contributed by atoms with E-state index in [9.17, 15) is 44.7 Å². The van der Waals surface area contributed by atoms with Gasteiger partial charge in [0.15, 0.2) is 0 Å². The zero-order chi connectivity index (χ0) is 31.1. The maximum Gasteiger partial charge on any atom is 0.420 e. The molecule has 15 heteroatoms. The smallest absolute Gasteiger partial charge is 0.420 e. The Labute approximate surface area is 237 Å². The van der Waals surface area contributed by atoms with E-state index in [1.54, 1.807) is 0 Å². The van der Waals surface area contributed by atoms with Gasteiger partial charge in [-0.1, -0.05) is 0 Å². The molecule has 2 aromatic carbocycles. The first-order valence-corrected chi connectivity index (χ1v) is 14.5. The van der Waals surface area contributed by atoms with Crippen molar-refractivity contribution in [1.82, 2.24) is 0 Å². The third-order valence-electron chi connectivity index (χ3n) is 7.55. The minimum absolute atomic E-state index is 0.00864. The zero-order valence-electron chi connectivity index (χ0n) is 22.3. The van der Waals surface area contributed by atoms with Gasteiger partial charge in [-0.15, -0.1) is 0 Å². The second kappa shape index (κ2) is 11.5. The molecule has 0 spiro atoms. The van der Waals surface area contributed by atoms with Crippen molar-refractivity contribution in [1.29, 1.82) is 0 Å². The minimum Gasteiger partial charge on any atom is -0.492 e. The second-order valence-corrected chi connectivity index (χ2v) is 12.6. The van der Waals surface area contributed by atoms with Gasteiger partial charge in [0.2, 0.25) is 21.3 Å². The Morgan fingerprint density at radius 3 is 2.29 bits per heavy atom. The lowest BCUT2D eigenvalue weighted by Gasteiger charge is -2.33. The van der Waals surface area contributed by atoms with Crippen LogP contribution < -0.4 is 9.64 Å². The molecule has 1 N–H and O–H groups in total. The molecule has 2 heterocycles. The van der Waals surface area contributed by atoms with Crippen molar-refractivity contribution in [2.24, 2.45) is 11.3 Å². The highest BCUT2D eigenvalue weighted by atomic mass is 32.2. The van der Waals surface area contributed by atoms with Gasteiger partial charge in [0.1, 0.15) is 23.6 Å². The van der Waals surface area contributed by atoms with Crippen molar-refractivity contribution in [2.45, 2.75) is 55.1 Å². The first-order valence-electron chi connectivity index (χ1n) is 12.9. The van der Waals surface area contributed by atoms with Crippen LogP contribution >= 0.6 is 0 Å². The van der Waals surface area contributed by atoms with E-state index in [1.807, 2.05) is 0 Å². The summed E-state index contributed by atoms with van der Waals surface area (Å²) in [4.78, 5) is 12.1. The lowest BCUT2D eigenvalue weighted by atomic mass is 9.81. The lowest BCUT2D eigenvalue weighted by molar-refractivity contribution is -0.158. The van der Waals surface area contributed by atoms with Crippen LogP contribution in [0.15, 0.2) is 41.3 Å². The van der Waals surface area contributed by atoms with Crippen LogP contribution in [0, 0.1) is 17.2 Å². The average molecular weight is 628 g/mol. The quantitative estimate of drug-likeness (QED) is 0.340. The number of carboxylic acids is 1. The summed E-state index contributed by atoms with van der Waals surface area (Å²) in [6.07, 6.45) is -6.83. The molecule has 7 nitrogen and oxygen atoms in total. The van der Waals surface area contributed by atoms with Crippen LogP contribution in [0.2, 0.25) is 0 Å². The maximum absolute atomic E-state index is 15.7. The zero-order valence-corrected chi connectivity index (χ0v) is 23.1. The van der Waals surface area contributed by atoms with Crippen molar-refractivity contribution >= 4 is 27.2 Å². The molecule has 0 radical (unpaired) electrons. The molecule has 1 saturated heterocycles. The van der Waals surface area contributed by atoms with Crippen molar-refractivity contribution in [3.8, 4) is 5.75 Å². The second-order valence-electron chi connectivity index (χ2n) is 10.7. The van der Waals surface area contributed by atoms with Crippen LogP contribution in [0.25, 0.3) is 0 Å². The summed E-state index contributed by atoms with van der Waals surface area (Å²) in [5.41, 5.74) is -6.50. The summed E-state index contributed by atoms with van der Waals surface area (Å²) in [7, 11) is -5.09. The van der Waals surface area contributed by atoms with Crippen LogP contribution in [-0.4, -0.2) is 57.3 Å². The molecule has 232 valence electrons. The van der Waals surface area contributed by atoms with Gasteiger partial charge >= 0.3 is 12.1 Å². The largest absolute Gasteiger partial charge is 0.492 e. The Kier molecular flexibility index (Phi) is 8.76. The molecule has 0 bridgehead atoms. The van der Waals surface area contributed by atoms with Crippen LogP contribution in [0.5, 0.6) is 5.75 Å². The number of alkyl halides is 6. The predicted octanol–water partition coefficient (Wildman–Crippen LogP) is 6.38. The number of rotatable bonds is 8. The Balaban J connectivity index is 1.88. The van der Waals surface area contributed by atoms with Crippen molar-refractivity contribution in [3.05, 3.63) is 47.8 Å². The van der Waals surface area contributed by atoms with E-state index in [2.05, 4.69) is 0 Å². The standard InChI is InChI=1S/C27H28F7NO6S/c1-25(30,31)7-6-16-14-35(18-4-2-17(28)3-5-18)20-12-19(27(32,33)34)21(13-22(20)42(38,39)23(16)29)41-15-26(24(36)37)8-10-40-11-9-26/h2-5,12-13,16,23H,6-11,14-15H2,1H3,(H,36,37)/t16-,23+/m1/s1. The third kappa shape index (κ3) is 6.61. The van der Waals surface area contributed by atoms with Gasteiger partial charge in [-0.2, -0.15) is 13.2 Å². The number of fused-ring (bicyclic) bond motifs is 1. The van der Waals surface area contributed by atoms with E-state index in [0.717, 1.165) is 29.2 Å². The number of hydrogen-bond donors (Lipinski definition) is 1. The van der Waals surface area contributed by atoms with Gasteiger partial charge in [0.05, 0.1) is 16.1 Å². The van der Waals surface area contributed by atoms with Crippen LogP contribution in [0.4, 0.5) is 42.1 Å². The summed E-state index contributed by atoms with van der Waals surface area (Å²) in [6.45, 7) is -0.791. The molecule has 4 rings (SSSR count). The van der Waals surface area contributed by atoms with Gasteiger partial charge in [-0.25, -0.2) is 26.0 Å². The molecule has 0 aliphatic carbocycles. The highest BCUT2D eigenvalue weighted by Gasteiger charge is 2.46. The van der Waals surface area contributed by atoms with E-state index in [-0.39, 0.29) is 31.7 Å². The van der Waals surface area contributed by atoms with Gasteiger partial charge in [-0.3, -0.25) is 4.79 Å². The number of halogens is 7. The number of nitrogens with zero attached hydrogens (tertiary/aromatic N) is 1.